The number of ether oxygens (including phenoxy) is 2. The molecular weight excluding hydrogens is 266 g/mol. The third-order valence-corrected chi connectivity index (χ3v) is 3.85. The van der Waals surface area contributed by atoms with Gasteiger partial charge in [-0.25, -0.2) is 4.98 Å². The molecule has 1 fully saturated rings. The van der Waals surface area contributed by atoms with Crippen molar-refractivity contribution in [3.63, 3.8) is 0 Å². The Bertz CT molecular complexity index is 440. The van der Waals surface area contributed by atoms with Gasteiger partial charge in [0.25, 0.3) is 0 Å². The van der Waals surface area contributed by atoms with E-state index in [1.54, 1.807) is 0 Å². The van der Waals surface area contributed by atoms with E-state index < -0.39 is 0 Å². The fourth-order valence-corrected chi connectivity index (χ4v) is 2.68. The summed E-state index contributed by atoms with van der Waals surface area (Å²) >= 11 is 0. The lowest BCUT2D eigenvalue weighted by molar-refractivity contribution is 0.0946. The molecule has 0 aromatic carbocycles. The maximum absolute atomic E-state index is 6.13. The summed E-state index contributed by atoms with van der Waals surface area (Å²) in [5.74, 6) is 2.73. The van der Waals surface area contributed by atoms with Crippen LogP contribution >= 0.6 is 0 Å². The molecule has 5 heteroatoms. The van der Waals surface area contributed by atoms with E-state index in [1.807, 2.05) is 19.9 Å². The molecule has 5 nitrogen and oxygen atoms in total. The number of nitrogens with one attached hydrogen (secondary N) is 1. The van der Waals surface area contributed by atoms with Crippen LogP contribution in [0.4, 0.5) is 5.82 Å². The number of hydrogen-bond acceptors (Lipinski definition) is 5. The topological polar surface area (TPSA) is 56.3 Å². The molecule has 0 amide bonds. The van der Waals surface area contributed by atoms with Gasteiger partial charge in [-0.2, -0.15) is 4.98 Å². The standard InChI is InChI=1S/C16H27N3O2/c1-4-17-14-10-16(19-15(18-14)11-20-5-2)21-13-9-7-6-8-12(13)3/h10,12-13H,4-9,11H2,1-3H3,(H,17,18,19). The molecule has 0 aliphatic heterocycles. The second-order valence-electron chi connectivity index (χ2n) is 5.59. The SMILES string of the molecule is CCNc1cc(OC2CCCCC2C)nc(COCC)n1. The van der Waals surface area contributed by atoms with Crippen LogP contribution in [0.2, 0.25) is 0 Å². The van der Waals surface area contributed by atoms with Crippen molar-refractivity contribution in [2.75, 3.05) is 18.5 Å². The van der Waals surface area contributed by atoms with Gasteiger partial charge < -0.3 is 14.8 Å². The van der Waals surface area contributed by atoms with Crippen molar-refractivity contribution < 1.29 is 9.47 Å². The van der Waals surface area contributed by atoms with Gasteiger partial charge in [0.15, 0.2) is 5.82 Å². The summed E-state index contributed by atoms with van der Waals surface area (Å²) in [6.07, 6.45) is 5.17. The molecule has 2 unspecified atom stereocenters. The van der Waals surface area contributed by atoms with Crippen LogP contribution in [0.5, 0.6) is 5.88 Å². The zero-order valence-corrected chi connectivity index (χ0v) is 13.4. The van der Waals surface area contributed by atoms with Crippen LogP contribution in [-0.2, 0) is 11.3 Å². The zero-order chi connectivity index (χ0) is 15.1. The van der Waals surface area contributed by atoms with Gasteiger partial charge in [0.2, 0.25) is 5.88 Å². The highest BCUT2D eigenvalue weighted by atomic mass is 16.5. The van der Waals surface area contributed by atoms with E-state index in [1.165, 1.54) is 19.3 Å². The molecule has 1 aliphatic carbocycles. The zero-order valence-electron chi connectivity index (χ0n) is 13.4. The predicted molar refractivity (Wildman–Crippen MR) is 83.6 cm³/mol. The van der Waals surface area contributed by atoms with Gasteiger partial charge in [0.1, 0.15) is 18.5 Å². The molecule has 0 saturated heterocycles. The first-order valence-electron chi connectivity index (χ1n) is 8.09. The molecule has 2 rings (SSSR count). The molecule has 1 heterocycles. The Balaban J connectivity index is 2.10. The van der Waals surface area contributed by atoms with Crippen LogP contribution in [0.1, 0.15) is 52.3 Å². The summed E-state index contributed by atoms with van der Waals surface area (Å²) in [5.41, 5.74) is 0. The number of aromatic nitrogens is 2. The second-order valence-corrected chi connectivity index (χ2v) is 5.59. The minimum absolute atomic E-state index is 0.267. The van der Waals surface area contributed by atoms with Crippen molar-refractivity contribution in [2.24, 2.45) is 5.92 Å². The average molecular weight is 293 g/mol. The first kappa shape index (κ1) is 16.0. The summed E-state index contributed by atoms with van der Waals surface area (Å²) in [6, 6.07) is 1.89. The first-order chi connectivity index (χ1) is 10.2. The molecule has 2 atom stereocenters. The molecule has 1 saturated carbocycles. The van der Waals surface area contributed by atoms with Crippen LogP contribution < -0.4 is 10.1 Å². The van der Waals surface area contributed by atoms with E-state index in [0.717, 1.165) is 18.8 Å². The largest absolute Gasteiger partial charge is 0.474 e. The monoisotopic (exact) mass is 293 g/mol. The van der Waals surface area contributed by atoms with Crippen molar-refractivity contribution in [3.8, 4) is 5.88 Å². The fraction of sp³-hybridized carbons (Fsp3) is 0.750. The third-order valence-electron chi connectivity index (χ3n) is 3.85. The van der Waals surface area contributed by atoms with Crippen molar-refractivity contribution in [2.45, 2.75) is 59.2 Å². The van der Waals surface area contributed by atoms with Gasteiger partial charge >= 0.3 is 0 Å². The number of nitrogens with zero attached hydrogens (tertiary/aromatic N) is 2. The fourth-order valence-electron chi connectivity index (χ4n) is 2.68. The Hall–Kier alpha value is -1.36. The lowest BCUT2D eigenvalue weighted by atomic mass is 9.88. The van der Waals surface area contributed by atoms with Crippen molar-refractivity contribution in [3.05, 3.63) is 11.9 Å². The van der Waals surface area contributed by atoms with E-state index in [2.05, 4.69) is 22.2 Å². The maximum Gasteiger partial charge on any atom is 0.219 e. The normalized spacial score (nSPS) is 22.0. The highest BCUT2D eigenvalue weighted by Crippen LogP contribution is 2.28. The van der Waals surface area contributed by atoms with Crippen molar-refractivity contribution >= 4 is 5.82 Å². The molecule has 1 aromatic rings. The van der Waals surface area contributed by atoms with Gasteiger partial charge in [-0.05, 0) is 39.0 Å². The smallest absolute Gasteiger partial charge is 0.219 e. The van der Waals surface area contributed by atoms with Crippen LogP contribution in [0.25, 0.3) is 0 Å². The van der Waals surface area contributed by atoms with Crippen LogP contribution in [0.3, 0.4) is 0 Å². The van der Waals surface area contributed by atoms with Gasteiger partial charge in [0.05, 0.1) is 0 Å². The quantitative estimate of drug-likeness (QED) is 0.835. The van der Waals surface area contributed by atoms with Gasteiger partial charge in [0, 0.05) is 19.2 Å². The number of anilines is 1. The van der Waals surface area contributed by atoms with Crippen LogP contribution in [0, 0.1) is 5.92 Å². The predicted octanol–water partition coefficient (Wildman–Crippen LogP) is 3.40. The summed E-state index contributed by atoms with van der Waals surface area (Å²) in [6.45, 7) is 8.18. The molecule has 0 radical (unpaired) electrons. The van der Waals surface area contributed by atoms with Crippen LogP contribution in [0.15, 0.2) is 6.07 Å². The van der Waals surface area contributed by atoms with Gasteiger partial charge in [-0.1, -0.05) is 13.3 Å². The van der Waals surface area contributed by atoms with Crippen molar-refractivity contribution in [1.29, 1.82) is 0 Å². The molecule has 0 spiro atoms. The highest BCUT2D eigenvalue weighted by Gasteiger charge is 2.23. The van der Waals surface area contributed by atoms with E-state index in [9.17, 15) is 0 Å². The Morgan fingerprint density at radius 1 is 1.24 bits per heavy atom. The Kier molecular flexibility index (Phi) is 6.23. The Morgan fingerprint density at radius 2 is 2.05 bits per heavy atom. The molecule has 118 valence electrons. The molecule has 21 heavy (non-hydrogen) atoms. The van der Waals surface area contributed by atoms with E-state index in [-0.39, 0.29) is 6.10 Å². The molecule has 1 N–H and O–H groups in total. The Morgan fingerprint density at radius 3 is 2.76 bits per heavy atom. The minimum atomic E-state index is 0.267. The van der Waals surface area contributed by atoms with E-state index in [4.69, 9.17) is 9.47 Å². The Labute approximate surface area is 127 Å². The van der Waals surface area contributed by atoms with Crippen molar-refractivity contribution in [1.82, 2.24) is 9.97 Å². The summed E-state index contributed by atoms with van der Waals surface area (Å²) in [4.78, 5) is 8.93. The van der Waals surface area contributed by atoms with Crippen LogP contribution in [-0.4, -0.2) is 29.2 Å². The van der Waals surface area contributed by atoms with E-state index >= 15 is 0 Å². The lowest BCUT2D eigenvalue weighted by Gasteiger charge is -2.29. The lowest BCUT2D eigenvalue weighted by Crippen LogP contribution is -2.28. The van der Waals surface area contributed by atoms with E-state index in [0.29, 0.717) is 30.8 Å². The van der Waals surface area contributed by atoms with Gasteiger partial charge in [-0.15, -0.1) is 0 Å². The summed E-state index contributed by atoms with van der Waals surface area (Å²) < 4.78 is 11.5. The molecule has 0 bridgehead atoms. The maximum atomic E-state index is 6.13. The summed E-state index contributed by atoms with van der Waals surface area (Å²) in [7, 11) is 0. The minimum Gasteiger partial charge on any atom is -0.474 e. The second kappa shape index (κ2) is 8.17. The number of rotatable bonds is 7. The highest BCUT2D eigenvalue weighted by molar-refractivity contribution is 5.38. The number of hydrogen-bond donors (Lipinski definition) is 1. The van der Waals surface area contributed by atoms with Gasteiger partial charge in [-0.3, -0.25) is 0 Å². The average Bonchev–Trinajstić information content (AvgIpc) is 2.48. The molecule has 1 aliphatic rings. The summed E-state index contributed by atoms with van der Waals surface area (Å²) in [5, 5.41) is 3.23. The third kappa shape index (κ3) is 4.84. The molecule has 1 aromatic heterocycles. The molecular formula is C16H27N3O2. The first-order valence-corrected chi connectivity index (χ1v) is 8.09.